The number of amides is 1. The minimum absolute atomic E-state index is 0.0217. The van der Waals surface area contributed by atoms with E-state index in [9.17, 15) is 22.8 Å². The van der Waals surface area contributed by atoms with Gasteiger partial charge in [0.25, 0.3) is 11.4 Å². The van der Waals surface area contributed by atoms with Crippen molar-refractivity contribution in [3.63, 3.8) is 0 Å². The SMILES string of the molecule is Cc1noc(-c2ccc(=O)n(CC(=O)Nc3cccc(C(F)(F)F)c3)c2)n1. The number of aryl methyl sites for hydroxylation is 1. The van der Waals surface area contributed by atoms with Gasteiger partial charge >= 0.3 is 6.18 Å². The van der Waals surface area contributed by atoms with Crippen LogP contribution < -0.4 is 10.9 Å². The highest BCUT2D eigenvalue weighted by atomic mass is 19.4. The molecule has 0 aliphatic carbocycles. The average Bonchev–Trinajstić information content (AvgIpc) is 3.03. The van der Waals surface area contributed by atoms with Crippen LogP contribution in [-0.4, -0.2) is 20.6 Å². The van der Waals surface area contributed by atoms with Crippen LogP contribution in [0.25, 0.3) is 11.5 Å². The first-order chi connectivity index (χ1) is 12.7. The summed E-state index contributed by atoms with van der Waals surface area (Å²) in [6.07, 6.45) is -3.16. The second-order valence-electron chi connectivity index (χ2n) is 5.66. The molecule has 0 aliphatic rings. The van der Waals surface area contributed by atoms with Crippen molar-refractivity contribution in [1.29, 1.82) is 0 Å². The summed E-state index contributed by atoms with van der Waals surface area (Å²) < 4.78 is 44.3. The normalized spacial score (nSPS) is 11.4. The molecule has 0 atom stereocenters. The Kier molecular flexibility index (Phi) is 4.80. The maximum atomic E-state index is 12.7. The molecule has 0 unspecified atom stereocenters. The van der Waals surface area contributed by atoms with Crippen LogP contribution in [0.4, 0.5) is 18.9 Å². The topological polar surface area (TPSA) is 90.0 Å². The first-order valence-corrected chi connectivity index (χ1v) is 7.71. The maximum absolute atomic E-state index is 12.7. The molecule has 10 heteroatoms. The van der Waals surface area contributed by atoms with Crippen molar-refractivity contribution in [3.8, 4) is 11.5 Å². The van der Waals surface area contributed by atoms with E-state index in [2.05, 4.69) is 15.5 Å². The summed E-state index contributed by atoms with van der Waals surface area (Å²) in [5.74, 6) is -0.0696. The minimum Gasteiger partial charge on any atom is -0.334 e. The number of hydrogen-bond donors (Lipinski definition) is 1. The fourth-order valence-corrected chi connectivity index (χ4v) is 2.32. The van der Waals surface area contributed by atoms with Gasteiger partial charge in [-0.05, 0) is 31.2 Å². The standard InChI is InChI=1S/C17H13F3N4O3/c1-10-21-16(27-23-10)11-5-6-15(26)24(8-11)9-14(25)22-13-4-2-3-12(7-13)17(18,19)20/h2-8H,9H2,1H3,(H,22,25). The molecule has 0 fully saturated rings. The molecule has 0 spiro atoms. The van der Waals surface area contributed by atoms with E-state index in [1.165, 1.54) is 30.5 Å². The molecule has 3 rings (SSSR count). The van der Waals surface area contributed by atoms with E-state index < -0.39 is 29.8 Å². The van der Waals surface area contributed by atoms with Crippen molar-refractivity contribution in [1.82, 2.24) is 14.7 Å². The molecular weight excluding hydrogens is 365 g/mol. The lowest BCUT2D eigenvalue weighted by atomic mass is 10.2. The molecule has 0 aliphatic heterocycles. The summed E-state index contributed by atoms with van der Waals surface area (Å²) in [6, 6.07) is 6.92. The van der Waals surface area contributed by atoms with Gasteiger partial charge in [-0.25, -0.2) is 0 Å². The molecule has 0 saturated heterocycles. The molecule has 1 N–H and O–H groups in total. The van der Waals surface area contributed by atoms with Gasteiger partial charge in [-0.3, -0.25) is 9.59 Å². The first-order valence-electron chi connectivity index (χ1n) is 7.71. The van der Waals surface area contributed by atoms with Crippen LogP contribution in [0.3, 0.4) is 0 Å². The number of anilines is 1. The number of benzene rings is 1. The van der Waals surface area contributed by atoms with E-state index in [-0.39, 0.29) is 11.6 Å². The van der Waals surface area contributed by atoms with Crippen LogP contribution in [0.1, 0.15) is 11.4 Å². The molecule has 0 saturated carbocycles. The maximum Gasteiger partial charge on any atom is 0.416 e. The van der Waals surface area contributed by atoms with Gasteiger partial charge in [0.2, 0.25) is 5.91 Å². The Morgan fingerprint density at radius 2 is 2.04 bits per heavy atom. The Labute approximate surface area is 150 Å². The van der Waals surface area contributed by atoms with Gasteiger partial charge in [0.15, 0.2) is 5.82 Å². The van der Waals surface area contributed by atoms with Crippen LogP contribution in [0, 0.1) is 6.92 Å². The molecule has 7 nitrogen and oxygen atoms in total. The van der Waals surface area contributed by atoms with Crippen molar-refractivity contribution in [2.75, 3.05) is 5.32 Å². The Morgan fingerprint density at radius 3 is 2.70 bits per heavy atom. The van der Waals surface area contributed by atoms with E-state index in [0.29, 0.717) is 11.4 Å². The highest BCUT2D eigenvalue weighted by Crippen LogP contribution is 2.30. The largest absolute Gasteiger partial charge is 0.416 e. The lowest BCUT2D eigenvalue weighted by Crippen LogP contribution is -2.27. The van der Waals surface area contributed by atoms with Gasteiger partial charge in [0.1, 0.15) is 6.54 Å². The van der Waals surface area contributed by atoms with E-state index in [1.807, 2.05) is 0 Å². The highest BCUT2D eigenvalue weighted by molar-refractivity contribution is 5.90. The quantitative estimate of drug-likeness (QED) is 0.754. The van der Waals surface area contributed by atoms with Crippen molar-refractivity contribution >= 4 is 11.6 Å². The number of pyridine rings is 1. The minimum atomic E-state index is -4.52. The number of aromatic nitrogens is 3. The summed E-state index contributed by atoms with van der Waals surface area (Å²) in [5.41, 5.74) is -0.936. The fraction of sp³-hybridized carbons (Fsp3) is 0.176. The zero-order valence-corrected chi connectivity index (χ0v) is 13.9. The summed E-state index contributed by atoms with van der Waals surface area (Å²) in [6.45, 7) is 1.24. The van der Waals surface area contributed by atoms with Crippen LogP contribution in [0.15, 0.2) is 51.9 Å². The number of rotatable bonds is 4. The molecule has 3 aromatic rings. The molecule has 1 amide bonds. The van der Waals surface area contributed by atoms with Gasteiger partial charge in [-0.1, -0.05) is 11.2 Å². The number of hydrogen-bond acceptors (Lipinski definition) is 5. The summed E-state index contributed by atoms with van der Waals surface area (Å²) in [5, 5.41) is 5.99. The van der Waals surface area contributed by atoms with Crippen molar-refractivity contribution in [2.45, 2.75) is 19.6 Å². The number of halogens is 3. The third kappa shape index (κ3) is 4.40. The van der Waals surface area contributed by atoms with Crippen molar-refractivity contribution < 1.29 is 22.5 Å². The lowest BCUT2D eigenvalue weighted by Gasteiger charge is -2.11. The van der Waals surface area contributed by atoms with Gasteiger partial charge in [0, 0.05) is 18.0 Å². The van der Waals surface area contributed by atoms with Gasteiger partial charge in [-0.15, -0.1) is 0 Å². The molecule has 0 radical (unpaired) electrons. The molecule has 140 valence electrons. The third-order valence-corrected chi connectivity index (χ3v) is 3.55. The molecule has 2 aromatic heterocycles. The fourth-order valence-electron chi connectivity index (χ4n) is 2.32. The molecule has 27 heavy (non-hydrogen) atoms. The highest BCUT2D eigenvalue weighted by Gasteiger charge is 2.30. The van der Waals surface area contributed by atoms with Gasteiger partial charge < -0.3 is 14.4 Å². The number of carbonyl (C=O) groups excluding carboxylic acids is 1. The number of nitrogens with zero attached hydrogens (tertiary/aromatic N) is 3. The molecule has 2 heterocycles. The lowest BCUT2D eigenvalue weighted by molar-refractivity contribution is -0.137. The molecule has 0 bridgehead atoms. The predicted molar refractivity (Wildman–Crippen MR) is 88.8 cm³/mol. The summed E-state index contributed by atoms with van der Waals surface area (Å²) >= 11 is 0. The van der Waals surface area contributed by atoms with Crippen molar-refractivity contribution in [3.05, 3.63) is 64.3 Å². The van der Waals surface area contributed by atoms with Crippen molar-refractivity contribution in [2.24, 2.45) is 0 Å². The number of carbonyl (C=O) groups is 1. The van der Waals surface area contributed by atoms with Crippen LogP contribution in [-0.2, 0) is 17.5 Å². The second kappa shape index (κ2) is 7.06. The van der Waals surface area contributed by atoms with Crippen LogP contribution in [0.2, 0.25) is 0 Å². The van der Waals surface area contributed by atoms with Crippen LogP contribution in [0.5, 0.6) is 0 Å². The predicted octanol–water partition coefficient (Wildman–Crippen LogP) is 2.86. The van der Waals surface area contributed by atoms with E-state index in [1.54, 1.807) is 6.92 Å². The first kappa shape index (κ1) is 18.4. The van der Waals surface area contributed by atoms with E-state index >= 15 is 0 Å². The monoisotopic (exact) mass is 378 g/mol. The zero-order chi connectivity index (χ0) is 19.6. The molecular formula is C17H13F3N4O3. The number of nitrogens with one attached hydrogen (secondary N) is 1. The Hall–Kier alpha value is -3.43. The second-order valence-corrected chi connectivity index (χ2v) is 5.66. The smallest absolute Gasteiger partial charge is 0.334 e. The Balaban J connectivity index is 1.77. The summed E-state index contributed by atoms with van der Waals surface area (Å²) in [7, 11) is 0. The molecule has 1 aromatic carbocycles. The van der Waals surface area contributed by atoms with E-state index in [4.69, 9.17) is 4.52 Å². The van der Waals surface area contributed by atoms with E-state index in [0.717, 1.165) is 16.7 Å². The summed E-state index contributed by atoms with van der Waals surface area (Å²) in [4.78, 5) is 28.1. The Bertz CT molecular complexity index is 1040. The van der Waals surface area contributed by atoms with Crippen LogP contribution >= 0.6 is 0 Å². The number of alkyl halides is 3. The third-order valence-electron chi connectivity index (χ3n) is 3.55. The van der Waals surface area contributed by atoms with Gasteiger partial charge in [-0.2, -0.15) is 18.2 Å². The Morgan fingerprint density at radius 1 is 1.26 bits per heavy atom. The average molecular weight is 378 g/mol. The zero-order valence-electron chi connectivity index (χ0n) is 13.9. The van der Waals surface area contributed by atoms with Gasteiger partial charge in [0.05, 0.1) is 11.1 Å².